The molecule has 2 unspecified atom stereocenters. The van der Waals surface area contributed by atoms with Crippen molar-refractivity contribution in [3.05, 3.63) is 34.6 Å². The molecule has 7 heteroatoms. The second-order valence-corrected chi connectivity index (χ2v) is 8.62. The Morgan fingerprint density at radius 1 is 1.13 bits per heavy atom. The van der Waals surface area contributed by atoms with E-state index in [2.05, 4.69) is 6.92 Å². The van der Waals surface area contributed by atoms with Crippen molar-refractivity contribution in [2.24, 2.45) is 5.92 Å². The predicted octanol–water partition coefficient (Wildman–Crippen LogP) is 6.32. The van der Waals surface area contributed by atoms with Crippen molar-refractivity contribution in [3.8, 4) is 0 Å². The van der Waals surface area contributed by atoms with Crippen LogP contribution in [0.25, 0.3) is 0 Å². The fourth-order valence-corrected chi connectivity index (χ4v) is 4.68. The molecular formula is C23H30F4O3. The van der Waals surface area contributed by atoms with Crippen LogP contribution in [-0.2, 0) is 20.4 Å². The number of ether oxygens (including phenoxy) is 2. The van der Waals surface area contributed by atoms with E-state index in [1.54, 1.807) is 0 Å². The summed E-state index contributed by atoms with van der Waals surface area (Å²) in [7, 11) is 0. The zero-order chi connectivity index (χ0) is 21.9. The Bertz CT molecular complexity index is 731. The van der Waals surface area contributed by atoms with Gasteiger partial charge in [-0.1, -0.05) is 25.5 Å². The first-order valence-corrected chi connectivity index (χ1v) is 10.9. The summed E-state index contributed by atoms with van der Waals surface area (Å²) in [6.07, 6.45) is -0.0457. The Balaban J connectivity index is 1.56. The zero-order valence-electron chi connectivity index (χ0n) is 17.6. The van der Waals surface area contributed by atoms with Gasteiger partial charge in [0.2, 0.25) is 0 Å². The Morgan fingerprint density at radius 3 is 2.40 bits per heavy atom. The molecule has 0 bridgehead atoms. The number of carbonyl (C=O) groups excluding carboxylic acids is 1. The molecule has 2 atom stereocenters. The van der Waals surface area contributed by atoms with E-state index in [0.717, 1.165) is 19.3 Å². The van der Waals surface area contributed by atoms with Gasteiger partial charge >= 0.3 is 12.1 Å². The van der Waals surface area contributed by atoms with Gasteiger partial charge in [0.25, 0.3) is 0 Å². The first-order valence-electron chi connectivity index (χ1n) is 10.9. The van der Waals surface area contributed by atoms with Crippen LogP contribution < -0.4 is 0 Å². The van der Waals surface area contributed by atoms with Gasteiger partial charge in [-0.15, -0.1) is 0 Å². The molecule has 0 amide bonds. The Morgan fingerprint density at radius 2 is 1.83 bits per heavy atom. The first-order chi connectivity index (χ1) is 14.2. The van der Waals surface area contributed by atoms with E-state index >= 15 is 0 Å². The number of aryl methyl sites for hydroxylation is 1. The van der Waals surface area contributed by atoms with E-state index in [-0.39, 0.29) is 23.2 Å². The van der Waals surface area contributed by atoms with Gasteiger partial charge in [-0.2, -0.15) is 13.2 Å². The highest BCUT2D eigenvalue weighted by molar-refractivity contribution is 5.75. The van der Waals surface area contributed by atoms with Crippen LogP contribution in [-0.4, -0.2) is 24.8 Å². The maximum Gasteiger partial charge on any atom is 0.419 e. The largest absolute Gasteiger partial charge is 0.460 e. The lowest BCUT2D eigenvalue weighted by molar-refractivity contribution is -0.169. The number of benzene rings is 1. The highest BCUT2D eigenvalue weighted by atomic mass is 19.4. The molecule has 1 saturated carbocycles. The fourth-order valence-electron chi connectivity index (χ4n) is 4.68. The minimum Gasteiger partial charge on any atom is -0.460 e. The number of rotatable bonds is 5. The molecule has 3 nitrogen and oxygen atoms in total. The van der Waals surface area contributed by atoms with Gasteiger partial charge in [0, 0.05) is 0 Å². The highest BCUT2D eigenvalue weighted by Crippen LogP contribution is 2.43. The van der Waals surface area contributed by atoms with Crippen LogP contribution in [0.2, 0.25) is 0 Å². The normalized spacial score (nSPS) is 27.7. The lowest BCUT2D eigenvalue weighted by Crippen LogP contribution is -2.36. The second-order valence-electron chi connectivity index (χ2n) is 8.62. The third-order valence-corrected chi connectivity index (χ3v) is 6.38. The Labute approximate surface area is 175 Å². The predicted molar refractivity (Wildman–Crippen MR) is 105 cm³/mol. The maximum absolute atomic E-state index is 14.2. The molecule has 2 aliphatic rings. The maximum atomic E-state index is 14.2. The van der Waals surface area contributed by atoms with Gasteiger partial charge in [-0.25, -0.2) is 9.18 Å². The highest BCUT2D eigenvalue weighted by Gasteiger charge is 2.40. The van der Waals surface area contributed by atoms with Crippen LogP contribution in [0, 0.1) is 18.7 Å². The van der Waals surface area contributed by atoms with E-state index in [0.29, 0.717) is 44.6 Å². The molecule has 168 valence electrons. The SMILES string of the molecule is CCCC1CCC(C(=O)OC2CCC(c3ccc(C)c(F)c3C(F)(F)F)CC2)OC1. The van der Waals surface area contributed by atoms with Gasteiger partial charge in [-0.3, -0.25) is 0 Å². The zero-order valence-corrected chi connectivity index (χ0v) is 17.6. The molecule has 1 aromatic carbocycles. The summed E-state index contributed by atoms with van der Waals surface area (Å²) < 4.78 is 65.9. The van der Waals surface area contributed by atoms with Gasteiger partial charge in [0.1, 0.15) is 11.9 Å². The summed E-state index contributed by atoms with van der Waals surface area (Å²) >= 11 is 0. The topological polar surface area (TPSA) is 35.5 Å². The number of halogens is 4. The average molecular weight is 430 g/mol. The molecule has 3 rings (SSSR count). The molecular weight excluding hydrogens is 400 g/mol. The molecule has 1 aromatic rings. The quantitative estimate of drug-likeness (QED) is 0.405. The number of carbonyl (C=O) groups is 1. The molecule has 30 heavy (non-hydrogen) atoms. The summed E-state index contributed by atoms with van der Waals surface area (Å²) in [5.41, 5.74) is -1.16. The van der Waals surface area contributed by atoms with Crippen LogP contribution in [0.4, 0.5) is 17.6 Å². The van der Waals surface area contributed by atoms with E-state index < -0.39 is 29.6 Å². The summed E-state index contributed by atoms with van der Waals surface area (Å²) in [6, 6.07) is 2.79. The van der Waals surface area contributed by atoms with Gasteiger partial charge in [-0.05, 0) is 74.8 Å². The van der Waals surface area contributed by atoms with E-state index in [9.17, 15) is 22.4 Å². The summed E-state index contributed by atoms with van der Waals surface area (Å²) in [4.78, 5) is 12.4. The monoisotopic (exact) mass is 430 g/mol. The molecule has 0 spiro atoms. The molecule has 1 saturated heterocycles. The van der Waals surface area contributed by atoms with Crippen molar-refractivity contribution in [2.75, 3.05) is 6.61 Å². The Hall–Kier alpha value is -1.63. The van der Waals surface area contributed by atoms with Crippen molar-refractivity contribution in [1.29, 1.82) is 0 Å². The average Bonchev–Trinajstić information content (AvgIpc) is 2.70. The molecule has 0 N–H and O–H groups in total. The second kappa shape index (κ2) is 9.67. The summed E-state index contributed by atoms with van der Waals surface area (Å²) in [5, 5.41) is 0. The lowest BCUT2D eigenvalue weighted by atomic mass is 9.80. The van der Waals surface area contributed by atoms with Gasteiger partial charge in [0.15, 0.2) is 6.10 Å². The van der Waals surface area contributed by atoms with Crippen LogP contribution in [0.5, 0.6) is 0 Å². The third-order valence-electron chi connectivity index (χ3n) is 6.38. The van der Waals surface area contributed by atoms with Crippen LogP contribution in [0.15, 0.2) is 12.1 Å². The lowest BCUT2D eigenvalue weighted by Gasteiger charge is -2.32. The number of hydrogen-bond donors (Lipinski definition) is 0. The minimum absolute atomic E-state index is 0.00737. The number of alkyl halides is 3. The molecule has 1 heterocycles. The third kappa shape index (κ3) is 5.34. The smallest absolute Gasteiger partial charge is 0.419 e. The van der Waals surface area contributed by atoms with Crippen LogP contribution in [0.3, 0.4) is 0 Å². The van der Waals surface area contributed by atoms with Crippen molar-refractivity contribution in [3.63, 3.8) is 0 Å². The van der Waals surface area contributed by atoms with Crippen molar-refractivity contribution >= 4 is 5.97 Å². The number of hydrogen-bond acceptors (Lipinski definition) is 3. The van der Waals surface area contributed by atoms with Crippen molar-refractivity contribution in [2.45, 2.75) is 89.5 Å². The van der Waals surface area contributed by atoms with Crippen LogP contribution >= 0.6 is 0 Å². The van der Waals surface area contributed by atoms with E-state index in [1.165, 1.54) is 19.1 Å². The molecule has 0 aromatic heterocycles. The summed E-state index contributed by atoms with van der Waals surface area (Å²) in [6.45, 7) is 4.03. The van der Waals surface area contributed by atoms with Gasteiger partial charge in [0.05, 0.1) is 12.2 Å². The number of esters is 1. The fraction of sp³-hybridized carbons (Fsp3) is 0.696. The van der Waals surface area contributed by atoms with Crippen LogP contribution in [0.1, 0.15) is 80.9 Å². The molecule has 1 aliphatic heterocycles. The molecule has 0 radical (unpaired) electrons. The first kappa shape index (κ1) is 23.0. The van der Waals surface area contributed by atoms with Gasteiger partial charge < -0.3 is 9.47 Å². The van der Waals surface area contributed by atoms with Crippen molar-refractivity contribution < 1.29 is 31.8 Å². The minimum atomic E-state index is -4.73. The van der Waals surface area contributed by atoms with E-state index in [4.69, 9.17) is 9.47 Å². The standard InChI is InChI=1S/C23H30F4O3/c1-3-4-15-6-12-19(29-13-15)22(28)30-17-9-7-16(8-10-17)18-11-5-14(2)21(24)20(18)23(25,26)27/h5,11,15-17,19H,3-4,6-10,12-13H2,1-2H3. The van der Waals surface area contributed by atoms with E-state index in [1.807, 2.05) is 0 Å². The summed E-state index contributed by atoms with van der Waals surface area (Å²) in [5.74, 6) is -1.46. The Kier molecular flexibility index (Phi) is 7.43. The van der Waals surface area contributed by atoms with Crippen molar-refractivity contribution in [1.82, 2.24) is 0 Å². The molecule has 1 aliphatic carbocycles. The molecule has 2 fully saturated rings.